The average molecular weight is 239 g/mol. The Morgan fingerprint density at radius 1 is 1.12 bits per heavy atom. The van der Waals surface area contributed by atoms with Gasteiger partial charge in [0.25, 0.3) is 0 Å². The van der Waals surface area contributed by atoms with E-state index in [0.29, 0.717) is 11.5 Å². The third kappa shape index (κ3) is 3.98. The lowest BCUT2D eigenvalue weighted by Gasteiger charge is -2.45. The van der Waals surface area contributed by atoms with Gasteiger partial charge in [-0.15, -0.1) is 0 Å². The van der Waals surface area contributed by atoms with Gasteiger partial charge in [-0.3, -0.25) is 0 Å². The third-order valence-electron chi connectivity index (χ3n) is 4.55. The molecule has 0 heterocycles. The van der Waals surface area contributed by atoms with E-state index in [-0.39, 0.29) is 0 Å². The van der Waals surface area contributed by atoms with E-state index in [2.05, 4.69) is 46.9 Å². The summed E-state index contributed by atoms with van der Waals surface area (Å²) in [5, 5.41) is 3.75. The maximum atomic E-state index is 3.75. The van der Waals surface area contributed by atoms with E-state index in [1.165, 1.54) is 25.7 Å². The third-order valence-corrected chi connectivity index (χ3v) is 4.55. The standard InChI is InChI=1S/C16H33N/c1-7-17-15(12(2)3)13-10-8-9-11-14(13)16(4,5)6/h12-15,17H,7-11H2,1-6H3. The van der Waals surface area contributed by atoms with Crippen LogP contribution in [0.2, 0.25) is 0 Å². The average Bonchev–Trinajstić information content (AvgIpc) is 2.24. The molecule has 17 heavy (non-hydrogen) atoms. The van der Waals surface area contributed by atoms with Crippen molar-refractivity contribution in [2.75, 3.05) is 6.54 Å². The van der Waals surface area contributed by atoms with Crippen LogP contribution < -0.4 is 5.32 Å². The minimum Gasteiger partial charge on any atom is -0.314 e. The predicted molar refractivity (Wildman–Crippen MR) is 77.2 cm³/mol. The molecule has 3 unspecified atom stereocenters. The highest BCUT2D eigenvalue weighted by Crippen LogP contribution is 2.44. The molecular weight excluding hydrogens is 206 g/mol. The summed E-state index contributed by atoms with van der Waals surface area (Å²) in [5.74, 6) is 2.52. The van der Waals surface area contributed by atoms with E-state index in [0.717, 1.165) is 24.3 Å². The number of hydrogen-bond acceptors (Lipinski definition) is 1. The Bertz CT molecular complexity index is 214. The fourth-order valence-corrected chi connectivity index (χ4v) is 3.78. The summed E-state index contributed by atoms with van der Waals surface area (Å²) in [6.07, 6.45) is 5.74. The molecule has 1 nitrogen and oxygen atoms in total. The van der Waals surface area contributed by atoms with Gasteiger partial charge in [0.1, 0.15) is 0 Å². The topological polar surface area (TPSA) is 12.0 Å². The van der Waals surface area contributed by atoms with Crippen molar-refractivity contribution in [3.05, 3.63) is 0 Å². The Balaban J connectivity index is 2.81. The molecule has 0 aromatic carbocycles. The number of rotatable bonds is 4. The zero-order chi connectivity index (χ0) is 13.1. The van der Waals surface area contributed by atoms with Gasteiger partial charge in [-0.2, -0.15) is 0 Å². The Labute approximate surface area is 109 Å². The predicted octanol–water partition coefficient (Wildman–Crippen LogP) is 4.47. The Kier molecular flexibility index (Phi) is 5.50. The molecule has 102 valence electrons. The van der Waals surface area contributed by atoms with Crippen LogP contribution in [0.4, 0.5) is 0 Å². The minimum atomic E-state index is 0.466. The van der Waals surface area contributed by atoms with E-state index in [1.54, 1.807) is 0 Å². The molecule has 1 heteroatoms. The zero-order valence-electron chi connectivity index (χ0n) is 12.8. The largest absolute Gasteiger partial charge is 0.314 e. The summed E-state index contributed by atoms with van der Waals surface area (Å²) in [7, 11) is 0. The molecule has 3 atom stereocenters. The van der Waals surface area contributed by atoms with Crippen molar-refractivity contribution in [1.29, 1.82) is 0 Å². The lowest BCUT2D eigenvalue weighted by Crippen LogP contribution is -2.47. The van der Waals surface area contributed by atoms with Crippen LogP contribution in [0.5, 0.6) is 0 Å². The molecule has 0 bridgehead atoms. The van der Waals surface area contributed by atoms with Crippen LogP contribution in [0.25, 0.3) is 0 Å². The smallest absolute Gasteiger partial charge is 0.0121 e. The second-order valence-electron chi connectivity index (χ2n) is 7.25. The monoisotopic (exact) mass is 239 g/mol. The molecule has 0 aromatic rings. The molecule has 0 radical (unpaired) electrons. The summed E-state index contributed by atoms with van der Waals surface area (Å²) < 4.78 is 0. The Morgan fingerprint density at radius 2 is 1.71 bits per heavy atom. The molecule has 0 aliphatic heterocycles. The summed E-state index contributed by atoms with van der Waals surface area (Å²) >= 11 is 0. The maximum Gasteiger partial charge on any atom is 0.0121 e. The van der Waals surface area contributed by atoms with Crippen LogP contribution in [0.1, 0.15) is 67.2 Å². The molecule has 0 saturated heterocycles. The minimum absolute atomic E-state index is 0.466. The Morgan fingerprint density at radius 3 is 2.18 bits per heavy atom. The van der Waals surface area contributed by atoms with Gasteiger partial charge in [-0.25, -0.2) is 0 Å². The second-order valence-corrected chi connectivity index (χ2v) is 7.25. The van der Waals surface area contributed by atoms with Crippen molar-refractivity contribution in [2.45, 2.75) is 73.3 Å². The molecule has 0 amide bonds. The van der Waals surface area contributed by atoms with Crippen LogP contribution in [-0.4, -0.2) is 12.6 Å². The van der Waals surface area contributed by atoms with Gasteiger partial charge in [0.15, 0.2) is 0 Å². The van der Waals surface area contributed by atoms with Gasteiger partial charge >= 0.3 is 0 Å². The second kappa shape index (κ2) is 6.22. The van der Waals surface area contributed by atoms with E-state index < -0.39 is 0 Å². The van der Waals surface area contributed by atoms with Crippen molar-refractivity contribution in [1.82, 2.24) is 5.32 Å². The van der Waals surface area contributed by atoms with Crippen LogP contribution in [-0.2, 0) is 0 Å². The summed E-state index contributed by atoms with van der Waals surface area (Å²) in [4.78, 5) is 0. The first-order valence-corrected chi connectivity index (χ1v) is 7.61. The van der Waals surface area contributed by atoms with Crippen LogP contribution in [0.3, 0.4) is 0 Å². The van der Waals surface area contributed by atoms with Gasteiger partial charge in [0, 0.05) is 6.04 Å². The molecular formula is C16H33N. The van der Waals surface area contributed by atoms with Crippen LogP contribution in [0.15, 0.2) is 0 Å². The molecule has 1 aliphatic carbocycles. The highest BCUT2D eigenvalue weighted by atomic mass is 14.9. The quantitative estimate of drug-likeness (QED) is 0.763. The van der Waals surface area contributed by atoms with Crippen molar-refractivity contribution < 1.29 is 0 Å². The van der Waals surface area contributed by atoms with Crippen LogP contribution >= 0.6 is 0 Å². The number of hydrogen-bond donors (Lipinski definition) is 1. The summed E-state index contributed by atoms with van der Waals surface area (Å²) in [5.41, 5.74) is 0.466. The van der Waals surface area contributed by atoms with Crippen LogP contribution in [0, 0.1) is 23.2 Å². The fraction of sp³-hybridized carbons (Fsp3) is 1.00. The molecule has 0 spiro atoms. The van der Waals surface area contributed by atoms with Gasteiger partial charge in [0.2, 0.25) is 0 Å². The lowest BCUT2D eigenvalue weighted by atomic mass is 9.63. The fourth-order valence-electron chi connectivity index (χ4n) is 3.78. The summed E-state index contributed by atoms with van der Waals surface area (Å²) in [6, 6.07) is 0.713. The lowest BCUT2D eigenvalue weighted by molar-refractivity contribution is 0.0661. The van der Waals surface area contributed by atoms with E-state index >= 15 is 0 Å². The molecule has 1 saturated carbocycles. The first-order chi connectivity index (χ1) is 7.88. The Hall–Kier alpha value is -0.0400. The molecule has 1 fully saturated rings. The zero-order valence-corrected chi connectivity index (χ0v) is 12.8. The maximum absolute atomic E-state index is 3.75. The first-order valence-electron chi connectivity index (χ1n) is 7.61. The molecule has 1 N–H and O–H groups in total. The molecule has 1 aliphatic rings. The number of nitrogens with one attached hydrogen (secondary N) is 1. The summed E-state index contributed by atoms with van der Waals surface area (Å²) in [6.45, 7) is 15.4. The van der Waals surface area contributed by atoms with Crippen molar-refractivity contribution in [3.63, 3.8) is 0 Å². The molecule has 0 aromatic heterocycles. The van der Waals surface area contributed by atoms with Crippen molar-refractivity contribution in [2.24, 2.45) is 23.2 Å². The molecule has 1 rings (SSSR count). The van der Waals surface area contributed by atoms with Gasteiger partial charge in [-0.05, 0) is 42.6 Å². The van der Waals surface area contributed by atoms with E-state index in [9.17, 15) is 0 Å². The van der Waals surface area contributed by atoms with E-state index in [1.807, 2.05) is 0 Å². The van der Waals surface area contributed by atoms with Crippen molar-refractivity contribution >= 4 is 0 Å². The van der Waals surface area contributed by atoms with Crippen molar-refractivity contribution in [3.8, 4) is 0 Å². The van der Waals surface area contributed by atoms with E-state index in [4.69, 9.17) is 0 Å². The highest BCUT2D eigenvalue weighted by molar-refractivity contribution is 4.91. The van der Waals surface area contributed by atoms with Gasteiger partial charge in [-0.1, -0.05) is 54.4 Å². The van der Waals surface area contributed by atoms with Gasteiger partial charge < -0.3 is 5.32 Å². The normalized spacial score (nSPS) is 28.4. The van der Waals surface area contributed by atoms with Gasteiger partial charge in [0.05, 0.1) is 0 Å². The highest BCUT2D eigenvalue weighted by Gasteiger charge is 2.38. The SMILES string of the molecule is CCNC(C(C)C)C1CCCCC1C(C)(C)C. The first kappa shape index (κ1) is 15.0.